The highest BCUT2D eigenvalue weighted by Crippen LogP contribution is 2.41. The Morgan fingerprint density at radius 3 is 2.49 bits per heavy atom. The molecule has 2 saturated heterocycles. The average molecular weight is 657 g/mol. The lowest BCUT2D eigenvalue weighted by Gasteiger charge is -2.36. The average Bonchev–Trinajstić information content (AvgIpc) is 3.37. The number of nitrogens with zero attached hydrogens (tertiary/aromatic N) is 4. The van der Waals surface area contributed by atoms with E-state index >= 15 is 0 Å². The van der Waals surface area contributed by atoms with Gasteiger partial charge in [0.15, 0.2) is 0 Å². The van der Waals surface area contributed by atoms with Gasteiger partial charge in [-0.1, -0.05) is 57.2 Å². The van der Waals surface area contributed by atoms with E-state index in [1.54, 1.807) is 0 Å². The molecule has 4 bridgehead atoms. The fourth-order valence-electron chi connectivity index (χ4n) is 7.23. The van der Waals surface area contributed by atoms with Gasteiger partial charge < -0.3 is 19.9 Å². The second kappa shape index (κ2) is 13.7. The monoisotopic (exact) mass is 656 g/mol. The van der Waals surface area contributed by atoms with Crippen LogP contribution in [-0.4, -0.2) is 58.1 Å². The number of carbonyl (C=O) groups excluding carboxylic acids is 2. The zero-order valence-corrected chi connectivity index (χ0v) is 29.1. The first-order chi connectivity index (χ1) is 22.5. The number of likely N-dealkylation sites (tertiary alicyclic amines) is 1. The molecular weight excluding hydrogens is 609 g/mol. The van der Waals surface area contributed by atoms with Gasteiger partial charge >= 0.3 is 6.09 Å². The van der Waals surface area contributed by atoms with Crippen molar-refractivity contribution in [3.63, 3.8) is 0 Å². The first-order valence-corrected chi connectivity index (χ1v) is 17.7. The topological polar surface area (TPSA) is 99.7 Å². The van der Waals surface area contributed by atoms with Gasteiger partial charge in [0.05, 0.1) is 5.56 Å². The van der Waals surface area contributed by atoms with Crippen LogP contribution in [0.4, 0.5) is 16.4 Å². The first-order valence-electron chi connectivity index (χ1n) is 16.9. The number of amides is 2. The molecule has 10 heteroatoms. The van der Waals surface area contributed by atoms with Gasteiger partial charge in [0.2, 0.25) is 0 Å². The summed E-state index contributed by atoms with van der Waals surface area (Å²) in [5.41, 5.74) is 2.27. The third-order valence-corrected chi connectivity index (χ3v) is 10.6. The van der Waals surface area contributed by atoms with Crippen molar-refractivity contribution >= 4 is 35.6 Å². The lowest BCUT2D eigenvalue weighted by Crippen LogP contribution is -2.43. The number of carbonyl (C=O) groups is 2. The van der Waals surface area contributed by atoms with Crippen molar-refractivity contribution in [2.24, 2.45) is 11.8 Å². The molecule has 1 unspecified atom stereocenters. The summed E-state index contributed by atoms with van der Waals surface area (Å²) in [5.74, 6) is 2.25. The Balaban J connectivity index is 1.21. The van der Waals surface area contributed by atoms with E-state index in [2.05, 4.69) is 49.6 Å². The normalized spacial score (nSPS) is 21.9. The molecule has 47 heavy (non-hydrogen) atoms. The summed E-state index contributed by atoms with van der Waals surface area (Å²) < 4.78 is 8.68. The summed E-state index contributed by atoms with van der Waals surface area (Å²) in [5, 5.41) is 4.50. The van der Waals surface area contributed by atoms with Gasteiger partial charge in [-0.05, 0) is 87.6 Å². The fourth-order valence-corrected chi connectivity index (χ4v) is 7.83. The van der Waals surface area contributed by atoms with Crippen molar-refractivity contribution in [3.8, 4) is 0 Å². The van der Waals surface area contributed by atoms with Crippen molar-refractivity contribution in [2.45, 2.75) is 95.4 Å². The van der Waals surface area contributed by atoms with E-state index in [-0.39, 0.29) is 35.6 Å². The number of nitrogens with one attached hydrogen (secondary N) is 2. The van der Waals surface area contributed by atoms with Gasteiger partial charge in [-0.25, -0.2) is 14.8 Å². The van der Waals surface area contributed by atoms with E-state index in [1.165, 1.54) is 11.9 Å². The number of ether oxygens (including phenoxy) is 1. The van der Waals surface area contributed by atoms with Gasteiger partial charge in [0.25, 0.3) is 5.91 Å². The molecule has 9 nitrogen and oxygen atoms in total. The van der Waals surface area contributed by atoms with Crippen LogP contribution in [-0.2, 0) is 16.8 Å². The zero-order valence-electron chi connectivity index (χ0n) is 28.3. The van der Waals surface area contributed by atoms with Crippen LogP contribution in [0.5, 0.6) is 0 Å². The third-order valence-electron chi connectivity index (χ3n) is 9.87. The molecular formula is C37H48N6O3S. The molecule has 0 radical (unpaired) electrons. The molecule has 2 fully saturated rings. The standard InChI is InChI=1S/C37H48N6O3S/c1-36(2,3)30-17-15-28-33(39-30)43-23-26(22-37(43,4)5)14-16-29(38-31-12-9-13-32(40-31)47-41-34(28)44)27-18-20-42(21-19-27)35(45)46-24-25-10-7-6-8-11-25/h6-13,15,17,26-27,29H,14,16,18-24H2,1-5H3,(H,38,40)(H,41,44)/t26-,29?/m0/s1. The summed E-state index contributed by atoms with van der Waals surface area (Å²) in [6.45, 7) is 13.5. The Kier molecular flexibility index (Phi) is 9.69. The lowest BCUT2D eigenvalue weighted by molar-refractivity contribution is 0.0799. The largest absolute Gasteiger partial charge is 0.445 e. The number of fused-ring (bicyclic) bond motifs is 6. The summed E-state index contributed by atoms with van der Waals surface area (Å²) in [4.78, 5) is 40.8. The van der Waals surface area contributed by atoms with Gasteiger partial charge in [0.1, 0.15) is 23.3 Å². The molecule has 0 spiro atoms. The summed E-state index contributed by atoms with van der Waals surface area (Å²) in [6.07, 6.45) is 4.63. The smallest absolute Gasteiger partial charge is 0.410 e. The van der Waals surface area contributed by atoms with Crippen LogP contribution in [0.1, 0.15) is 88.3 Å². The van der Waals surface area contributed by atoms with Crippen LogP contribution in [0.25, 0.3) is 0 Å². The van der Waals surface area contributed by atoms with Crippen molar-refractivity contribution in [3.05, 3.63) is 77.5 Å². The maximum absolute atomic E-state index is 13.7. The number of piperidine rings is 1. The molecule has 3 aromatic rings. The van der Waals surface area contributed by atoms with Crippen molar-refractivity contribution in [2.75, 3.05) is 29.9 Å². The molecule has 3 aliphatic rings. The second-order valence-electron chi connectivity index (χ2n) is 14.9. The molecule has 2 aromatic heterocycles. The van der Waals surface area contributed by atoms with Crippen molar-refractivity contribution in [1.29, 1.82) is 0 Å². The predicted octanol–water partition coefficient (Wildman–Crippen LogP) is 7.44. The van der Waals surface area contributed by atoms with Crippen molar-refractivity contribution in [1.82, 2.24) is 19.6 Å². The fraction of sp³-hybridized carbons (Fsp3) is 0.514. The Morgan fingerprint density at radius 2 is 1.74 bits per heavy atom. The third kappa shape index (κ3) is 7.86. The van der Waals surface area contributed by atoms with Gasteiger partial charge in [-0.3, -0.25) is 9.52 Å². The minimum absolute atomic E-state index is 0.141. The van der Waals surface area contributed by atoms with Crippen LogP contribution >= 0.6 is 11.9 Å². The highest BCUT2D eigenvalue weighted by atomic mass is 32.2. The molecule has 3 aliphatic heterocycles. The maximum atomic E-state index is 13.7. The summed E-state index contributed by atoms with van der Waals surface area (Å²) in [6, 6.07) is 19.8. The quantitative estimate of drug-likeness (QED) is 0.281. The van der Waals surface area contributed by atoms with Gasteiger partial charge in [-0.2, -0.15) is 0 Å². The summed E-state index contributed by atoms with van der Waals surface area (Å²) in [7, 11) is 0. The molecule has 5 heterocycles. The van der Waals surface area contributed by atoms with E-state index in [0.717, 1.165) is 66.6 Å². The highest BCUT2D eigenvalue weighted by molar-refractivity contribution is 7.97. The Hall–Kier alpha value is -3.79. The number of rotatable bonds is 3. The summed E-state index contributed by atoms with van der Waals surface area (Å²) >= 11 is 1.23. The molecule has 2 amide bonds. The number of hydrogen-bond acceptors (Lipinski definition) is 8. The first kappa shape index (κ1) is 33.1. The van der Waals surface area contributed by atoms with Gasteiger partial charge in [-0.15, -0.1) is 0 Å². The molecule has 2 atom stereocenters. The number of hydrogen-bond donors (Lipinski definition) is 2. The molecule has 250 valence electrons. The minimum Gasteiger partial charge on any atom is -0.445 e. The Labute approximate surface area is 283 Å². The van der Waals surface area contributed by atoms with Crippen LogP contribution in [0.2, 0.25) is 0 Å². The van der Waals surface area contributed by atoms with Crippen LogP contribution in [0, 0.1) is 11.8 Å². The number of benzene rings is 1. The number of pyridine rings is 2. The Bertz CT molecular complexity index is 1570. The Morgan fingerprint density at radius 1 is 0.979 bits per heavy atom. The molecule has 1 aromatic carbocycles. The van der Waals surface area contributed by atoms with E-state index in [0.29, 0.717) is 30.5 Å². The van der Waals surface area contributed by atoms with E-state index < -0.39 is 0 Å². The van der Waals surface area contributed by atoms with E-state index in [1.807, 2.05) is 65.6 Å². The highest BCUT2D eigenvalue weighted by Gasteiger charge is 2.41. The minimum atomic E-state index is -0.243. The van der Waals surface area contributed by atoms with Crippen LogP contribution < -0.4 is 14.9 Å². The second-order valence-corrected chi connectivity index (χ2v) is 15.7. The van der Waals surface area contributed by atoms with E-state index in [9.17, 15) is 9.59 Å². The van der Waals surface area contributed by atoms with Crippen LogP contribution in [0.15, 0.2) is 65.7 Å². The molecule has 6 rings (SSSR count). The van der Waals surface area contributed by atoms with Crippen molar-refractivity contribution < 1.29 is 14.3 Å². The molecule has 0 saturated carbocycles. The van der Waals surface area contributed by atoms with Gasteiger partial charge in [0, 0.05) is 54.3 Å². The maximum Gasteiger partial charge on any atom is 0.410 e. The zero-order chi connectivity index (χ0) is 33.2. The molecule has 0 aliphatic carbocycles. The lowest BCUT2D eigenvalue weighted by atomic mass is 9.84. The number of aromatic nitrogens is 2. The predicted molar refractivity (Wildman–Crippen MR) is 188 cm³/mol. The SMILES string of the molecule is CC(C)(C)c1ccc2c(n1)N1C[C@@H](CCC(C3CCN(C(=O)OCc4ccccc4)CC3)Nc3cccc(n3)SNC2=O)CC1(C)C. The van der Waals surface area contributed by atoms with Crippen LogP contribution in [0.3, 0.4) is 0 Å². The number of anilines is 2. The van der Waals surface area contributed by atoms with E-state index in [4.69, 9.17) is 14.7 Å². The molecule has 2 N–H and O–H groups in total.